The number of halogens is 1. The molecule has 1 unspecified atom stereocenters. The van der Waals surface area contributed by atoms with Crippen LogP contribution in [0.4, 0.5) is 10.1 Å². The molecule has 0 heterocycles. The summed E-state index contributed by atoms with van der Waals surface area (Å²) in [6.07, 6.45) is 0. The van der Waals surface area contributed by atoms with Crippen molar-refractivity contribution in [3.63, 3.8) is 0 Å². The van der Waals surface area contributed by atoms with E-state index in [0.717, 1.165) is 0 Å². The van der Waals surface area contributed by atoms with Crippen LogP contribution < -0.4 is 10.1 Å². The molecule has 0 aliphatic heterocycles. The number of anilines is 1. The van der Waals surface area contributed by atoms with Crippen molar-refractivity contribution in [2.75, 3.05) is 25.5 Å². The molecule has 0 saturated heterocycles. The van der Waals surface area contributed by atoms with Crippen LogP contribution in [0.1, 0.15) is 12.5 Å². The molecule has 0 fully saturated rings. The SMILES string of the molecule is CC(C(=O)Nc1cccc(C#N)c1)N(C)CCOc1ccccc1F. The number of nitriles is 1. The van der Waals surface area contributed by atoms with Crippen molar-refractivity contribution in [3.8, 4) is 11.8 Å². The molecular weight excluding hydrogens is 321 g/mol. The Balaban J connectivity index is 1.84. The summed E-state index contributed by atoms with van der Waals surface area (Å²) in [5.74, 6) is -0.405. The van der Waals surface area contributed by atoms with Crippen LogP contribution in [0, 0.1) is 17.1 Å². The molecule has 1 amide bonds. The van der Waals surface area contributed by atoms with E-state index in [9.17, 15) is 9.18 Å². The fraction of sp³-hybridized carbons (Fsp3) is 0.263. The van der Waals surface area contributed by atoms with E-state index in [1.807, 2.05) is 11.0 Å². The molecule has 2 aromatic rings. The molecule has 5 nitrogen and oxygen atoms in total. The summed E-state index contributed by atoms with van der Waals surface area (Å²) in [5, 5.41) is 11.7. The van der Waals surface area contributed by atoms with Crippen molar-refractivity contribution in [1.82, 2.24) is 4.90 Å². The number of para-hydroxylation sites is 1. The third-order valence-corrected chi connectivity index (χ3v) is 3.84. The molecule has 130 valence electrons. The topological polar surface area (TPSA) is 65.4 Å². The number of ether oxygens (including phenoxy) is 1. The Morgan fingerprint density at radius 3 is 2.80 bits per heavy atom. The fourth-order valence-corrected chi connectivity index (χ4v) is 2.17. The summed E-state index contributed by atoms with van der Waals surface area (Å²) >= 11 is 0. The van der Waals surface area contributed by atoms with Gasteiger partial charge in [0.2, 0.25) is 5.91 Å². The lowest BCUT2D eigenvalue weighted by Gasteiger charge is -2.24. The molecule has 25 heavy (non-hydrogen) atoms. The highest BCUT2D eigenvalue weighted by Crippen LogP contribution is 2.15. The number of carbonyl (C=O) groups is 1. The van der Waals surface area contributed by atoms with Crippen molar-refractivity contribution < 1.29 is 13.9 Å². The van der Waals surface area contributed by atoms with Crippen LogP contribution in [0.15, 0.2) is 48.5 Å². The molecule has 2 rings (SSSR count). The van der Waals surface area contributed by atoms with Gasteiger partial charge in [-0.3, -0.25) is 9.69 Å². The number of likely N-dealkylation sites (N-methyl/N-ethyl adjacent to an activating group) is 1. The van der Waals surface area contributed by atoms with E-state index in [0.29, 0.717) is 17.8 Å². The molecule has 0 aliphatic rings. The highest BCUT2D eigenvalue weighted by molar-refractivity contribution is 5.94. The summed E-state index contributed by atoms with van der Waals surface area (Å²) in [5.41, 5.74) is 1.06. The molecule has 0 saturated carbocycles. The molecule has 1 atom stereocenters. The predicted octanol–water partition coefficient (Wildman–Crippen LogP) is 3.04. The Morgan fingerprint density at radius 2 is 2.08 bits per heavy atom. The van der Waals surface area contributed by atoms with Crippen LogP contribution in [0.3, 0.4) is 0 Å². The Hall–Kier alpha value is -2.91. The Kier molecular flexibility index (Phi) is 6.49. The van der Waals surface area contributed by atoms with Gasteiger partial charge in [-0.25, -0.2) is 4.39 Å². The van der Waals surface area contributed by atoms with Crippen molar-refractivity contribution in [2.24, 2.45) is 0 Å². The van der Waals surface area contributed by atoms with Gasteiger partial charge in [-0.05, 0) is 44.3 Å². The average Bonchev–Trinajstić information content (AvgIpc) is 2.62. The van der Waals surface area contributed by atoms with Crippen LogP contribution in [0.5, 0.6) is 5.75 Å². The first-order chi connectivity index (χ1) is 12.0. The zero-order valence-electron chi connectivity index (χ0n) is 14.2. The van der Waals surface area contributed by atoms with E-state index in [1.165, 1.54) is 6.07 Å². The zero-order valence-corrected chi connectivity index (χ0v) is 14.2. The highest BCUT2D eigenvalue weighted by Gasteiger charge is 2.18. The fourth-order valence-electron chi connectivity index (χ4n) is 2.17. The van der Waals surface area contributed by atoms with E-state index < -0.39 is 11.9 Å². The smallest absolute Gasteiger partial charge is 0.241 e. The lowest BCUT2D eigenvalue weighted by atomic mass is 10.2. The maximum Gasteiger partial charge on any atom is 0.241 e. The standard InChI is InChI=1S/C19H20FN3O2/c1-14(19(24)22-16-7-5-6-15(12-16)13-21)23(2)10-11-25-18-9-4-3-8-17(18)20/h3-9,12,14H,10-11H2,1-2H3,(H,22,24). The lowest BCUT2D eigenvalue weighted by Crippen LogP contribution is -2.41. The lowest BCUT2D eigenvalue weighted by molar-refractivity contribution is -0.120. The second kappa shape index (κ2) is 8.81. The maximum absolute atomic E-state index is 13.5. The molecule has 2 aromatic carbocycles. The van der Waals surface area contributed by atoms with Gasteiger partial charge in [-0.15, -0.1) is 0 Å². The number of nitrogens with one attached hydrogen (secondary N) is 1. The van der Waals surface area contributed by atoms with Gasteiger partial charge in [0, 0.05) is 12.2 Å². The van der Waals surface area contributed by atoms with Crippen molar-refractivity contribution >= 4 is 11.6 Å². The number of benzene rings is 2. The zero-order chi connectivity index (χ0) is 18.2. The van der Waals surface area contributed by atoms with Gasteiger partial charge in [-0.1, -0.05) is 18.2 Å². The summed E-state index contributed by atoms with van der Waals surface area (Å²) in [6, 6.07) is 14.6. The number of rotatable bonds is 7. The largest absolute Gasteiger partial charge is 0.489 e. The number of hydrogen-bond donors (Lipinski definition) is 1. The highest BCUT2D eigenvalue weighted by atomic mass is 19.1. The Bertz CT molecular complexity index is 773. The second-order valence-corrected chi connectivity index (χ2v) is 5.62. The minimum atomic E-state index is -0.409. The van der Waals surface area contributed by atoms with E-state index in [4.69, 9.17) is 10.00 Å². The molecular formula is C19H20FN3O2. The number of nitrogens with zero attached hydrogens (tertiary/aromatic N) is 2. The average molecular weight is 341 g/mol. The normalized spacial score (nSPS) is 11.6. The number of hydrogen-bond acceptors (Lipinski definition) is 4. The van der Waals surface area contributed by atoms with E-state index in [-0.39, 0.29) is 18.3 Å². The number of carbonyl (C=O) groups excluding carboxylic acids is 1. The van der Waals surface area contributed by atoms with Crippen molar-refractivity contribution in [1.29, 1.82) is 5.26 Å². The predicted molar refractivity (Wildman–Crippen MR) is 93.8 cm³/mol. The molecule has 0 spiro atoms. The quantitative estimate of drug-likeness (QED) is 0.841. The Labute approximate surface area is 146 Å². The van der Waals surface area contributed by atoms with Crippen LogP contribution in [-0.2, 0) is 4.79 Å². The monoisotopic (exact) mass is 341 g/mol. The van der Waals surface area contributed by atoms with Crippen molar-refractivity contribution in [3.05, 3.63) is 59.9 Å². The van der Waals surface area contributed by atoms with Crippen molar-refractivity contribution in [2.45, 2.75) is 13.0 Å². The molecule has 0 radical (unpaired) electrons. The van der Waals surface area contributed by atoms with Gasteiger partial charge in [0.05, 0.1) is 17.7 Å². The molecule has 6 heteroatoms. The van der Waals surface area contributed by atoms with Crippen LogP contribution >= 0.6 is 0 Å². The summed E-state index contributed by atoms with van der Waals surface area (Å²) < 4.78 is 18.9. The first-order valence-corrected chi connectivity index (χ1v) is 7.90. The maximum atomic E-state index is 13.5. The van der Waals surface area contributed by atoms with Gasteiger partial charge in [0.15, 0.2) is 11.6 Å². The molecule has 0 aliphatic carbocycles. The van der Waals surface area contributed by atoms with E-state index >= 15 is 0 Å². The summed E-state index contributed by atoms with van der Waals surface area (Å²) in [7, 11) is 1.79. The first kappa shape index (κ1) is 18.4. The summed E-state index contributed by atoms with van der Waals surface area (Å²) in [4.78, 5) is 14.1. The van der Waals surface area contributed by atoms with Gasteiger partial charge in [-0.2, -0.15) is 5.26 Å². The molecule has 1 N–H and O–H groups in total. The minimum Gasteiger partial charge on any atom is -0.489 e. The van der Waals surface area contributed by atoms with Gasteiger partial charge in [0.1, 0.15) is 6.61 Å². The minimum absolute atomic E-state index is 0.191. The third kappa shape index (κ3) is 5.30. The van der Waals surface area contributed by atoms with Crippen LogP contribution in [0.2, 0.25) is 0 Å². The van der Waals surface area contributed by atoms with Crippen LogP contribution in [-0.4, -0.2) is 37.0 Å². The number of amides is 1. The van der Waals surface area contributed by atoms with E-state index in [2.05, 4.69) is 5.32 Å². The molecule has 0 aromatic heterocycles. The summed E-state index contributed by atoms with van der Waals surface area (Å²) in [6.45, 7) is 2.49. The Morgan fingerprint density at radius 1 is 1.32 bits per heavy atom. The van der Waals surface area contributed by atoms with Crippen LogP contribution in [0.25, 0.3) is 0 Å². The van der Waals surface area contributed by atoms with Gasteiger partial charge in [0.25, 0.3) is 0 Å². The van der Waals surface area contributed by atoms with Gasteiger partial charge >= 0.3 is 0 Å². The van der Waals surface area contributed by atoms with E-state index in [1.54, 1.807) is 56.4 Å². The first-order valence-electron chi connectivity index (χ1n) is 7.90. The molecule has 0 bridgehead atoms. The van der Waals surface area contributed by atoms with Gasteiger partial charge < -0.3 is 10.1 Å². The third-order valence-electron chi connectivity index (χ3n) is 3.84. The second-order valence-electron chi connectivity index (χ2n) is 5.62.